The Balaban J connectivity index is 2.66. The van der Waals surface area contributed by atoms with E-state index >= 15 is 0 Å². The van der Waals surface area contributed by atoms with E-state index in [0.717, 1.165) is 6.42 Å². The fourth-order valence-corrected chi connectivity index (χ4v) is 2.72. The summed E-state index contributed by atoms with van der Waals surface area (Å²) < 4.78 is 10.3. The van der Waals surface area contributed by atoms with Crippen LogP contribution in [-0.2, 0) is 33.6 Å². The number of rotatable bonds is 8. The first-order valence-corrected chi connectivity index (χ1v) is 8.09. The molecule has 0 saturated carbocycles. The molecule has 1 heterocycles. The Morgan fingerprint density at radius 1 is 1.29 bits per heavy atom. The maximum atomic E-state index is 12.6. The Labute approximate surface area is 141 Å². The molecule has 1 fully saturated rings. The molecule has 0 spiro atoms. The molecule has 1 N–H and O–H groups in total. The van der Waals surface area contributed by atoms with E-state index < -0.39 is 35.2 Å². The van der Waals surface area contributed by atoms with E-state index in [9.17, 15) is 14.4 Å². The summed E-state index contributed by atoms with van der Waals surface area (Å²) in [6.07, 6.45) is 1.01. The van der Waals surface area contributed by atoms with Gasteiger partial charge in [0, 0.05) is 6.42 Å². The highest BCUT2D eigenvalue weighted by molar-refractivity contribution is 6.28. The third kappa shape index (κ3) is 4.67. The molecule has 138 valence electrons. The summed E-state index contributed by atoms with van der Waals surface area (Å²) in [7, 11) is 0. The van der Waals surface area contributed by atoms with Crippen LogP contribution in [0.4, 0.5) is 0 Å². The standard InChI is InChI=1S/C16H26O8/c1-6-8-11-16(7-2,24-23-11)14(20)22-15(4,5)9-10(3)21-13(19)12(17)18/h10-11H,6-9H2,1-5H3,(H,17,18). The summed E-state index contributed by atoms with van der Waals surface area (Å²) in [6, 6.07) is 0. The predicted molar refractivity (Wildman–Crippen MR) is 81.9 cm³/mol. The smallest absolute Gasteiger partial charge is 0.417 e. The SMILES string of the molecule is CCCC1OOC1(CC)C(=O)OC(C)(C)CC(C)OC(=O)C(=O)O. The Bertz CT molecular complexity index is 482. The van der Waals surface area contributed by atoms with Gasteiger partial charge in [-0.3, -0.25) is 0 Å². The van der Waals surface area contributed by atoms with Crippen molar-refractivity contribution in [2.45, 2.75) is 83.7 Å². The highest BCUT2D eigenvalue weighted by Gasteiger charge is 2.58. The van der Waals surface area contributed by atoms with Crippen molar-refractivity contribution in [3.05, 3.63) is 0 Å². The van der Waals surface area contributed by atoms with Crippen molar-refractivity contribution in [2.75, 3.05) is 0 Å². The van der Waals surface area contributed by atoms with Gasteiger partial charge in [0.1, 0.15) is 17.8 Å². The lowest BCUT2D eigenvalue weighted by Crippen LogP contribution is -2.62. The maximum absolute atomic E-state index is 12.6. The minimum atomic E-state index is -1.66. The molecule has 8 heteroatoms. The van der Waals surface area contributed by atoms with Crippen molar-refractivity contribution < 1.29 is 38.7 Å². The summed E-state index contributed by atoms with van der Waals surface area (Å²) in [5.41, 5.74) is -2.08. The predicted octanol–water partition coefficient (Wildman–Crippen LogP) is 1.99. The van der Waals surface area contributed by atoms with E-state index in [1.165, 1.54) is 6.92 Å². The second kappa shape index (κ2) is 7.94. The minimum Gasteiger partial charge on any atom is -0.473 e. The first kappa shape index (κ1) is 20.4. The van der Waals surface area contributed by atoms with Crippen LogP contribution in [0.25, 0.3) is 0 Å². The van der Waals surface area contributed by atoms with Crippen molar-refractivity contribution in [1.29, 1.82) is 0 Å². The number of carbonyl (C=O) groups excluding carboxylic acids is 2. The molecular formula is C16H26O8. The van der Waals surface area contributed by atoms with Gasteiger partial charge in [-0.05, 0) is 33.6 Å². The van der Waals surface area contributed by atoms with E-state index in [1.54, 1.807) is 13.8 Å². The number of carboxylic acid groups (broad SMARTS) is 1. The van der Waals surface area contributed by atoms with E-state index in [0.29, 0.717) is 12.8 Å². The first-order chi connectivity index (χ1) is 11.1. The van der Waals surface area contributed by atoms with Crippen LogP contribution < -0.4 is 0 Å². The Kier molecular flexibility index (Phi) is 6.74. The lowest BCUT2D eigenvalue weighted by Gasteiger charge is -2.45. The molecule has 3 atom stereocenters. The van der Waals surface area contributed by atoms with Gasteiger partial charge in [0.25, 0.3) is 0 Å². The van der Waals surface area contributed by atoms with Crippen molar-refractivity contribution in [2.24, 2.45) is 0 Å². The van der Waals surface area contributed by atoms with Gasteiger partial charge in [0.2, 0.25) is 5.60 Å². The summed E-state index contributed by atoms with van der Waals surface area (Å²) in [6.45, 7) is 8.66. The van der Waals surface area contributed by atoms with Crippen molar-refractivity contribution in [3.63, 3.8) is 0 Å². The van der Waals surface area contributed by atoms with Crippen molar-refractivity contribution in [1.82, 2.24) is 0 Å². The maximum Gasteiger partial charge on any atom is 0.417 e. The third-order valence-corrected chi connectivity index (χ3v) is 3.89. The largest absolute Gasteiger partial charge is 0.473 e. The summed E-state index contributed by atoms with van der Waals surface area (Å²) in [5, 5.41) is 8.54. The van der Waals surface area contributed by atoms with Crippen LogP contribution in [-0.4, -0.2) is 46.4 Å². The molecule has 0 radical (unpaired) electrons. The Morgan fingerprint density at radius 3 is 2.33 bits per heavy atom. The zero-order valence-corrected chi connectivity index (χ0v) is 14.8. The molecule has 1 saturated heterocycles. The van der Waals surface area contributed by atoms with Gasteiger partial charge in [0.15, 0.2) is 0 Å². The lowest BCUT2D eigenvalue weighted by molar-refractivity contribution is -0.499. The molecule has 3 unspecified atom stereocenters. The highest BCUT2D eigenvalue weighted by Crippen LogP contribution is 2.38. The Morgan fingerprint density at radius 2 is 1.92 bits per heavy atom. The second-order valence-electron chi connectivity index (χ2n) is 6.57. The monoisotopic (exact) mass is 346 g/mol. The first-order valence-electron chi connectivity index (χ1n) is 8.09. The van der Waals surface area contributed by atoms with Crippen molar-refractivity contribution >= 4 is 17.9 Å². The number of carbonyl (C=O) groups is 3. The number of ether oxygens (including phenoxy) is 2. The molecule has 0 aromatic carbocycles. The van der Waals surface area contributed by atoms with E-state index in [2.05, 4.69) is 0 Å². The van der Waals surface area contributed by atoms with Gasteiger partial charge in [-0.1, -0.05) is 20.3 Å². The van der Waals surface area contributed by atoms with Gasteiger partial charge in [-0.15, -0.1) is 0 Å². The molecule has 1 aliphatic heterocycles. The highest BCUT2D eigenvalue weighted by atomic mass is 17.3. The van der Waals surface area contributed by atoms with E-state index in [1.807, 2.05) is 13.8 Å². The number of esters is 2. The molecule has 0 bridgehead atoms. The molecule has 0 amide bonds. The van der Waals surface area contributed by atoms with Crippen LogP contribution in [0.3, 0.4) is 0 Å². The van der Waals surface area contributed by atoms with Crippen LogP contribution in [0.1, 0.15) is 60.3 Å². The lowest BCUT2D eigenvalue weighted by atomic mass is 9.88. The van der Waals surface area contributed by atoms with Gasteiger partial charge >= 0.3 is 17.9 Å². The van der Waals surface area contributed by atoms with Crippen LogP contribution in [0.2, 0.25) is 0 Å². The van der Waals surface area contributed by atoms with Gasteiger partial charge in [-0.25, -0.2) is 24.2 Å². The number of carboxylic acids is 1. The molecular weight excluding hydrogens is 320 g/mol. The normalized spacial score (nSPS) is 24.6. The van der Waals surface area contributed by atoms with Crippen molar-refractivity contribution in [3.8, 4) is 0 Å². The van der Waals surface area contributed by atoms with E-state index in [-0.39, 0.29) is 12.5 Å². The molecule has 0 aromatic rings. The fourth-order valence-electron chi connectivity index (χ4n) is 2.72. The summed E-state index contributed by atoms with van der Waals surface area (Å²) in [4.78, 5) is 44.3. The zero-order chi connectivity index (χ0) is 18.5. The second-order valence-corrected chi connectivity index (χ2v) is 6.57. The number of hydrogen-bond donors (Lipinski definition) is 1. The molecule has 0 aliphatic carbocycles. The molecule has 0 aromatic heterocycles. The number of aliphatic carboxylic acids is 1. The van der Waals surface area contributed by atoms with Crippen LogP contribution in [0.5, 0.6) is 0 Å². The molecule has 8 nitrogen and oxygen atoms in total. The summed E-state index contributed by atoms with van der Waals surface area (Å²) >= 11 is 0. The number of hydrogen-bond acceptors (Lipinski definition) is 7. The quantitative estimate of drug-likeness (QED) is 0.404. The van der Waals surface area contributed by atoms with Gasteiger partial charge < -0.3 is 14.6 Å². The van der Waals surface area contributed by atoms with Crippen LogP contribution in [0, 0.1) is 0 Å². The molecule has 1 aliphatic rings. The van der Waals surface area contributed by atoms with Crippen LogP contribution >= 0.6 is 0 Å². The average molecular weight is 346 g/mol. The average Bonchev–Trinajstić information content (AvgIpc) is 2.42. The molecule has 24 heavy (non-hydrogen) atoms. The van der Waals surface area contributed by atoms with Crippen LogP contribution in [0.15, 0.2) is 0 Å². The van der Waals surface area contributed by atoms with Gasteiger partial charge in [0.05, 0.1) is 0 Å². The summed E-state index contributed by atoms with van der Waals surface area (Å²) in [5.74, 6) is -3.53. The Hall–Kier alpha value is -1.67. The topological polar surface area (TPSA) is 108 Å². The molecule has 1 rings (SSSR count). The zero-order valence-electron chi connectivity index (χ0n) is 14.8. The fraction of sp³-hybridized carbons (Fsp3) is 0.812. The van der Waals surface area contributed by atoms with E-state index in [4.69, 9.17) is 24.4 Å². The third-order valence-electron chi connectivity index (χ3n) is 3.89. The minimum absolute atomic E-state index is 0.150. The van der Waals surface area contributed by atoms with Gasteiger partial charge in [-0.2, -0.15) is 0 Å².